The molecule has 2 heterocycles. The first-order chi connectivity index (χ1) is 15.9. The number of ether oxygens (including phenoxy) is 3. The number of anilines is 1. The summed E-state index contributed by atoms with van der Waals surface area (Å²) >= 11 is 0. The highest BCUT2D eigenvalue weighted by Gasteiger charge is 2.30. The minimum atomic E-state index is -3.83. The van der Waals surface area contributed by atoms with E-state index in [2.05, 4.69) is 4.98 Å². The van der Waals surface area contributed by atoms with Crippen LogP contribution in [-0.2, 0) is 16.6 Å². The van der Waals surface area contributed by atoms with Crippen molar-refractivity contribution in [1.82, 2.24) is 9.71 Å². The molecule has 1 aliphatic carbocycles. The van der Waals surface area contributed by atoms with E-state index in [1.165, 1.54) is 0 Å². The minimum absolute atomic E-state index is 0.159. The highest BCUT2D eigenvalue weighted by atomic mass is 32.2. The maximum atomic E-state index is 12.0. The van der Waals surface area contributed by atoms with E-state index in [-0.39, 0.29) is 6.10 Å². The predicted molar refractivity (Wildman–Crippen MR) is 121 cm³/mol. The van der Waals surface area contributed by atoms with Crippen molar-refractivity contribution in [2.75, 3.05) is 11.4 Å². The third kappa shape index (κ3) is 4.12. The SMILES string of the molecule is COc1cccc(Oc2cccc3c2CC[C@H]3Oc2ccc(N3C=C(O)NS3(=O)=O)cc2)n1. The van der Waals surface area contributed by atoms with Crippen molar-refractivity contribution >= 4 is 15.9 Å². The van der Waals surface area contributed by atoms with E-state index in [4.69, 9.17) is 14.2 Å². The third-order valence-corrected chi connectivity index (χ3v) is 6.70. The maximum Gasteiger partial charge on any atom is 0.330 e. The Balaban J connectivity index is 1.33. The first-order valence-corrected chi connectivity index (χ1v) is 11.7. The standard InChI is InChI=1S/C23H21N3O6S/c1-30-22-6-3-7-23(24-22)32-19-5-2-4-17-18(19)12-13-20(17)31-16-10-8-15(9-11-16)26-14-21(27)25-33(26,28)29/h2-11,14,20,25,27H,12-13H2,1H3/t20-/m1/s1. The molecule has 1 aromatic heterocycles. The number of hydrogen-bond acceptors (Lipinski definition) is 7. The summed E-state index contributed by atoms with van der Waals surface area (Å²) in [5.41, 5.74) is 2.49. The fraction of sp³-hybridized carbons (Fsp3) is 0.174. The van der Waals surface area contributed by atoms with Gasteiger partial charge in [-0.05, 0) is 48.7 Å². The summed E-state index contributed by atoms with van der Waals surface area (Å²) in [5, 5.41) is 9.46. The molecule has 0 unspecified atom stereocenters. The number of aromatic nitrogens is 1. The predicted octanol–water partition coefficient (Wildman–Crippen LogP) is 3.96. The quantitative estimate of drug-likeness (QED) is 0.565. The first kappa shape index (κ1) is 21.0. The number of pyridine rings is 1. The summed E-state index contributed by atoms with van der Waals surface area (Å²) in [4.78, 5) is 4.31. The molecular weight excluding hydrogens is 446 g/mol. The molecule has 0 amide bonds. The van der Waals surface area contributed by atoms with Gasteiger partial charge in [0.1, 0.15) is 17.6 Å². The molecule has 1 atom stereocenters. The average molecular weight is 468 g/mol. The molecule has 0 bridgehead atoms. The fourth-order valence-corrected chi connectivity index (χ4v) is 4.97. The number of hydrogen-bond donors (Lipinski definition) is 2. The lowest BCUT2D eigenvalue weighted by atomic mass is 10.1. The Labute approximate surface area is 191 Å². The normalized spacial score (nSPS) is 18.3. The Morgan fingerprint density at radius 1 is 1.06 bits per heavy atom. The molecule has 2 aliphatic rings. The largest absolute Gasteiger partial charge is 0.493 e. The lowest BCUT2D eigenvalue weighted by molar-refractivity contribution is 0.207. The molecule has 170 valence electrons. The van der Waals surface area contributed by atoms with Crippen LogP contribution in [-0.4, -0.2) is 25.6 Å². The number of aliphatic hydroxyl groups is 1. The molecule has 0 spiro atoms. The van der Waals surface area contributed by atoms with Crippen LogP contribution in [0.4, 0.5) is 5.69 Å². The summed E-state index contributed by atoms with van der Waals surface area (Å²) in [5.74, 6) is 1.84. The van der Waals surface area contributed by atoms with Crippen LogP contribution in [0.5, 0.6) is 23.3 Å². The van der Waals surface area contributed by atoms with Crippen LogP contribution < -0.4 is 23.2 Å². The van der Waals surface area contributed by atoms with E-state index in [1.54, 1.807) is 43.5 Å². The van der Waals surface area contributed by atoms with Crippen LogP contribution in [0.1, 0.15) is 23.7 Å². The number of benzene rings is 2. The molecule has 1 aliphatic heterocycles. The number of nitrogens with zero attached hydrogens (tertiary/aromatic N) is 2. The molecule has 3 aromatic rings. The summed E-state index contributed by atoms with van der Waals surface area (Å²) in [6.45, 7) is 0. The topological polar surface area (TPSA) is 110 Å². The summed E-state index contributed by atoms with van der Waals surface area (Å²) in [6, 6.07) is 17.8. The molecular formula is C23H21N3O6S. The lowest BCUT2D eigenvalue weighted by Crippen LogP contribution is -2.29. The van der Waals surface area contributed by atoms with Gasteiger partial charge < -0.3 is 19.3 Å². The van der Waals surface area contributed by atoms with Crippen molar-refractivity contribution in [2.45, 2.75) is 18.9 Å². The van der Waals surface area contributed by atoms with Gasteiger partial charge in [0, 0.05) is 17.7 Å². The number of fused-ring (bicyclic) bond motifs is 1. The number of rotatable bonds is 6. The van der Waals surface area contributed by atoms with Gasteiger partial charge in [-0.25, -0.2) is 9.03 Å². The summed E-state index contributed by atoms with van der Waals surface area (Å²) < 4.78 is 44.4. The second-order valence-corrected chi connectivity index (χ2v) is 9.05. The molecule has 2 N–H and O–H groups in total. The smallest absolute Gasteiger partial charge is 0.330 e. The second kappa shape index (κ2) is 8.21. The second-order valence-electron chi connectivity index (χ2n) is 7.50. The molecule has 10 heteroatoms. The van der Waals surface area contributed by atoms with Gasteiger partial charge in [-0.3, -0.25) is 0 Å². The van der Waals surface area contributed by atoms with E-state index >= 15 is 0 Å². The van der Waals surface area contributed by atoms with Gasteiger partial charge in [0.2, 0.25) is 17.6 Å². The van der Waals surface area contributed by atoms with Crippen LogP contribution in [0, 0.1) is 0 Å². The van der Waals surface area contributed by atoms with Gasteiger partial charge in [0.15, 0.2) is 0 Å². The Morgan fingerprint density at radius 3 is 2.55 bits per heavy atom. The average Bonchev–Trinajstić information content (AvgIpc) is 3.34. The number of nitrogens with one attached hydrogen (secondary N) is 1. The van der Waals surface area contributed by atoms with Crippen molar-refractivity contribution in [3.63, 3.8) is 0 Å². The molecule has 33 heavy (non-hydrogen) atoms. The fourth-order valence-electron chi connectivity index (χ4n) is 3.92. The van der Waals surface area contributed by atoms with Crippen LogP contribution in [0.15, 0.2) is 72.7 Å². The monoisotopic (exact) mass is 467 g/mol. The molecule has 9 nitrogen and oxygen atoms in total. The van der Waals surface area contributed by atoms with Crippen molar-refractivity contribution in [3.8, 4) is 23.3 Å². The Kier molecular flexibility index (Phi) is 5.21. The molecule has 0 radical (unpaired) electrons. The maximum absolute atomic E-state index is 12.0. The zero-order valence-corrected chi connectivity index (χ0v) is 18.5. The molecule has 0 saturated heterocycles. The highest BCUT2D eigenvalue weighted by molar-refractivity contribution is 7.91. The van der Waals surface area contributed by atoms with Gasteiger partial charge in [0.05, 0.1) is 19.0 Å². The Hall–Kier alpha value is -3.92. The molecule has 2 aromatic carbocycles. The first-order valence-electron chi connectivity index (χ1n) is 10.2. The van der Waals surface area contributed by atoms with E-state index in [0.29, 0.717) is 23.2 Å². The van der Waals surface area contributed by atoms with Gasteiger partial charge in [0.25, 0.3) is 0 Å². The Bertz CT molecular complexity index is 1320. The van der Waals surface area contributed by atoms with Crippen LogP contribution in [0.2, 0.25) is 0 Å². The van der Waals surface area contributed by atoms with Crippen LogP contribution >= 0.6 is 0 Å². The van der Waals surface area contributed by atoms with Crippen molar-refractivity contribution < 1.29 is 27.7 Å². The lowest BCUT2D eigenvalue weighted by Gasteiger charge is -2.17. The molecule has 5 rings (SSSR count). The van der Waals surface area contributed by atoms with E-state index in [0.717, 1.165) is 40.2 Å². The van der Waals surface area contributed by atoms with Crippen LogP contribution in [0.3, 0.4) is 0 Å². The van der Waals surface area contributed by atoms with Crippen molar-refractivity contribution in [2.24, 2.45) is 0 Å². The van der Waals surface area contributed by atoms with E-state index in [9.17, 15) is 13.5 Å². The van der Waals surface area contributed by atoms with Crippen molar-refractivity contribution in [1.29, 1.82) is 0 Å². The molecule has 0 fully saturated rings. The van der Waals surface area contributed by atoms with Crippen molar-refractivity contribution in [3.05, 3.63) is 83.9 Å². The zero-order valence-electron chi connectivity index (χ0n) is 17.6. The third-order valence-electron chi connectivity index (χ3n) is 5.40. The molecule has 0 saturated carbocycles. The van der Waals surface area contributed by atoms with Gasteiger partial charge in [-0.15, -0.1) is 0 Å². The van der Waals surface area contributed by atoms with E-state index < -0.39 is 16.1 Å². The van der Waals surface area contributed by atoms with E-state index in [1.807, 2.05) is 29.0 Å². The Morgan fingerprint density at radius 2 is 1.82 bits per heavy atom. The van der Waals surface area contributed by atoms with Gasteiger partial charge >= 0.3 is 10.2 Å². The minimum Gasteiger partial charge on any atom is -0.493 e. The highest BCUT2D eigenvalue weighted by Crippen LogP contribution is 2.41. The zero-order chi connectivity index (χ0) is 23.0. The number of aliphatic hydroxyl groups excluding tert-OH is 1. The van der Waals surface area contributed by atoms with Gasteiger partial charge in [-0.2, -0.15) is 13.4 Å². The van der Waals surface area contributed by atoms with Gasteiger partial charge in [-0.1, -0.05) is 18.2 Å². The summed E-state index contributed by atoms with van der Waals surface area (Å²) in [7, 11) is -2.27. The number of methoxy groups -OCH3 is 1. The van der Waals surface area contributed by atoms with Crippen LogP contribution in [0.25, 0.3) is 0 Å². The summed E-state index contributed by atoms with van der Waals surface area (Å²) in [6.07, 6.45) is 2.52.